The number of halogens is 1. The van der Waals surface area contributed by atoms with Gasteiger partial charge in [-0.25, -0.2) is 8.42 Å². The van der Waals surface area contributed by atoms with Crippen LogP contribution in [0.3, 0.4) is 0 Å². The predicted octanol–water partition coefficient (Wildman–Crippen LogP) is 1.14. The second-order valence-electron chi connectivity index (χ2n) is 4.03. The second kappa shape index (κ2) is 8.72. The lowest BCUT2D eigenvalue weighted by molar-refractivity contribution is -0.130. The Morgan fingerprint density at radius 1 is 1.17 bits per heavy atom. The van der Waals surface area contributed by atoms with Crippen molar-refractivity contribution in [2.75, 3.05) is 38.3 Å². The monoisotopic (exact) mass is 298 g/mol. The third-order valence-electron chi connectivity index (χ3n) is 2.73. The molecular weight excluding hydrogens is 276 g/mol. The van der Waals surface area contributed by atoms with Crippen LogP contribution in [0, 0.1) is 0 Å². The second-order valence-corrected chi connectivity index (χ2v) is 6.61. The number of nitrogens with zero attached hydrogens (tertiary/aromatic N) is 2. The Hall–Kier alpha value is -0.330. The van der Waals surface area contributed by atoms with Crippen molar-refractivity contribution in [3.05, 3.63) is 0 Å². The Morgan fingerprint density at radius 2 is 1.72 bits per heavy atom. The van der Waals surface area contributed by atoms with Gasteiger partial charge in [0.15, 0.2) is 0 Å². The lowest BCUT2D eigenvalue weighted by Gasteiger charge is -2.22. The van der Waals surface area contributed by atoms with E-state index >= 15 is 0 Å². The van der Waals surface area contributed by atoms with E-state index in [0.717, 1.165) is 4.31 Å². The van der Waals surface area contributed by atoms with Crippen LogP contribution >= 0.6 is 11.6 Å². The van der Waals surface area contributed by atoms with Gasteiger partial charge in [-0.2, -0.15) is 4.31 Å². The van der Waals surface area contributed by atoms with Crippen LogP contribution in [0.15, 0.2) is 0 Å². The van der Waals surface area contributed by atoms with Gasteiger partial charge in [0.2, 0.25) is 15.9 Å². The zero-order valence-corrected chi connectivity index (χ0v) is 12.9. The van der Waals surface area contributed by atoms with Crippen LogP contribution in [0.5, 0.6) is 0 Å². The molecule has 0 aromatic carbocycles. The summed E-state index contributed by atoms with van der Waals surface area (Å²) in [6.45, 7) is 4.84. The molecule has 0 heterocycles. The van der Waals surface area contributed by atoms with Crippen LogP contribution < -0.4 is 0 Å². The molecule has 0 aromatic rings. The maximum atomic E-state index is 11.9. The van der Waals surface area contributed by atoms with E-state index in [4.69, 9.17) is 11.6 Å². The van der Waals surface area contributed by atoms with Crippen LogP contribution in [-0.2, 0) is 14.8 Å². The normalized spacial score (nSPS) is 11.8. The van der Waals surface area contributed by atoms with Crippen molar-refractivity contribution in [1.82, 2.24) is 9.21 Å². The number of rotatable bonds is 9. The molecule has 0 saturated carbocycles. The van der Waals surface area contributed by atoms with Gasteiger partial charge in [0, 0.05) is 26.0 Å². The van der Waals surface area contributed by atoms with Crippen LogP contribution in [0.25, 0.3) is 0 Å². The molecule has 18 heavy (non-hydrogen) atoms. The predicted molar refractivity (Wildman–Crippen MR) is 74.3 cm³/mol. The fourth-order valence-electron chi connectivity index (χ4n) is 1.50. The molecule has 0 bridgehead atoms. The first-order chi connectivity index (χ1) is 8.38. The fraction of sp³-hybridized carbons (Fsp3) is 0.909. The summed E-state index contributed by atoms with van der Waals surface area (Å²) < 4.78 is 24.8. The number of unbranched alkanes of at least 4 members (excludes halogenated alkanes) is 1. The Labute approximate surface area is 115 Å². The van der Waals surface area contributed by atoms with E-state index in [1.807, 2.05) is 13.8 Å². The zero-order valence-electron chi connectivity index (χ0n) is 11.4. The molecule has 0 spiro atoms. The molecule has 5 nitrogen and oxygen atoms in total. The molecule has 7 heteroatoms. The number of alkyl halides is 1. The van der Waals surface area contributed by atoms with Crippen molar-refractivity contribution in [3.63, 3.8) is 0 Å². The highest BCUT2D eigenvalue weighted by atomic mass is 35.5. The molecule has 0 aliphatic carbocycles. The van der Waals surface area contributed by atoms with Gasteiger partial charge in [-0.1, -0.05) is 0 Å². The van der Waals surface area contributed by atoms with E-state index < -0.39 is 10.0 Å². The molecule has 0 unspecified atom stereocenters. The Bertz CT molecular complexity index is 342. The number of hydrogen-bond acceptors (Lipinski definition) is 3. The molecule has 0 rings (SSSR count). The molecule has 0 fully saturated rings. The zero-order chi connectivity index (χ0) is 14.2. The van der Waals surface area contributed by atoms with E-state index in [9.17, 15) is 13.2 Å². The maximum Gasteiger partial charge on any atom is 0.237 e. The SMILES string of the molecule is CCN(CC)C(=O)CN(C)S(=O)(=O)CCCCCl. The van der Waals surface area contributed by atoms with Gasteiger partial charge >= 0.3 is 0 Å². The van der Waals surface area contributed by atoms with Gasteiger partial charge < -0.3 is 4.90 Å². The van der Waals surface area contributed by atoms with Crippen LogP contribution in [0.4, 0.5) is 0 Å². The molecule has 1 amide bonds. The van der Waals surface area contributed by atoms with E-state index in [2.05, 4.69) is 0 Å². The Kier molecular flexibility index (Phi) is 8.56. The number of hydrogen-bond donors (Lipinski definition) is 0. The van der Waals surface area contributed by atoms with E-state index in [0.29, 0.717) is 31.8 Å². The summed E-state index contributed by atoms with van der Waals surface area (Å²) in [5.41, 5.74) is 0. The summed E-state index contributed by atoms with van der Waals surface area (Å²) in [6, 6.07) is 0. The first-order valence-electron chi connectivity index (χ1n) is 6.16. The van der Waals surface area contributed by atoms with E-state index in [1.165, 1.54) is 7.05 Å². The molecule has 0 aromatic heterocycles. The van der Waals surface area contributed by atoms with Crippen LogP contribution in [0.2, 0.25) is 0 Å². The molecule has 0 saturated heterocycles. The molecule has 0 atom stereocenters. The molecule has 0 aliphatic heterocycles. The van der Waals surface area contributed by atoms with Crippen molar-refractivity contribution in [1.29, 1.82) is 0 Å². The van der Waals surface area contributed by atoms with Crippen LogP contribution in [0.1, 0.15) is 26.7 Å². The molecular formula is C11H23ClN2O3S. The Morgan fingerprint density at radius 3 is 2.17 bits per heavy atom. The number of amides is 1. The van der Waals surface area contributed by atoms with Gasteiger partial charge in [-0.05, 0) is 26.7 Å². The summed E-state index contributed by atoms with van der Waals surface area (Å²) in [4.78, 5) is 13.4. The van der Waals surface area contributed by atoms with Crippen molar-refractivity contribution in [2.24, 2.45) is 0 Å². The maximum absolute atomic E-state index is 11.9. The first kappa shape index (κ1) is 17.7. The number of sulfonamides is 1. The summed E-state index contributed by atoms with van der Waals surface area (Å²) in [5.74, 6) is 0.336. The standard InChI is InChI=1S/C11H23ClN2O3S/c1-4-14(5-2)11(15)10-13(3)18(16,17)9-7-6-8-12/h4-10H2,1-3H3. The van der Waals surface area contributed by atoms with Crippen molar-refractivity contribution in [2.45, 2.75) is 26.7 Å². The largest absolute Gasteiger partial charge is 0.342 e. The van der Waals surface area contributed by atoms with Gasteiger partial charge in [-0.15, -0.1) is 11.6 Å². The highest BCUT2D eigenvalue weighted by molar-refractivity contribution is 7.89. The molecule has 0 radical (unpaired) electrons. The lowest BCUT2D eigenvalue weighted by Crippen LogP contribution is -2.41. The van der Waals surface area contributed by atoms with Gasteiger partial charge in [0.1, 0.15) is 0 Å². The highest BCUT2D eigenvalue weighted by Crippen LogP contribution is 2.04. The molecule has 108 valence electrons. The summed E-state index contributed by atoms with van der Waals surface area (Å²) >= 11 is 5.50. The lowest BCUT2D eigenvalue weighted by atomic mass is 10.4. The summed E-state index contributed by atoms with van der Waals surface area (Å²) in [6.07, 6.45) is 1.19. The topological polar surface area (TPSA) is 57.7 Å². The molecule has 0 aliphatic rings. The Balaban J connectivity index is 4.37. The minimum atomic E-state index is -3.35. The van der Waals surface area contributed by atoms with Gasteiger partial charge in [0.25, 0.3) is 0 Å². The quantitative estimate of drug-likeness (QED) is 0.474. The first-order valence-corrected chi connectivity index (χ1v) is 8.31. The number of likely N-dealkylation sites (N-methyl/N-ethyl adjacent to an activating group) is 2. The van der Waals surface area contributed by atoms with Gasteiger partial charge in [-0.3, -0.25) is 4.79 Å². The van der Waals surface area contributed by atoms with Crippen molar-refractivity contribution in [3.8, 4) is 0 Å². The highest BCUT2D eigenvalue weighted by Gasteiger charge is 2.21. The average Bonchev–Trinajstić information content (AvgIpc) is 2.30. The number of carbonyl (C=O) groups is 1. The van der Waals surface area contributed by atoms with Crippen molar-refractivity contribution < 1.29 is 13.2 Å². The third kappa shape index (κ3) is 6.02. The minimum absolute atomic E-state index is 0.0434. The smallest absolute Gasteiger partial charge is 0.237 e. The average molecular weight is 299 g/mol. The van der Waals surface area contributed by atoms with Gasteiger partial charge in [0.05, 0.1) is 12.3 Å². The fourth-order valence-corrected chi connectivity index (χ4v) is 2.88. The van der Waals surface area contributed by atoms with E-state index in [-0.39, 0.29) is 18.2 Å². The van der Waals surface area contributed by atoms with Crippen molar-refractivity contribution >= 4 is 27.5 Å². The summed E-state index contributed by atoms with van der Waals surface area (Å²) in [5, 5.41) is 0. The van der Waals surface area contributed by atoms with E-state index in [1.54, 1.807) is 4.90 Å². The number of carbonyl (C=O) groups excluding carboxylic acids is 1. The van der Waals surface area contributed by atoms with Crippen LogP contribution in [-0.4, -0.2) is 61.8 Å². The third-order valence-corrected chi connectivity index (χ3v) is 4.89. The summed E-state index contributed by atoms with van der Waals surface area (Å²) in [7, 11) is -1.91. The minimum Gasteiger partial charge on any atom is -0.342 e. The molecule has 0 N–H and O–H groups in total.